The van der Waals surface area contributed by atoms with Crippen molar-refractivity contribution in [2.24, 2.45) is 5.92 Å². The molecule has 0 amide bonds. The summed E-state index contributed by atoms with van der Waals surface area (Å²) in [5.41, 5.74) is 0.849. The van der Waals surface area contributed by atoms with E-state index in [1.54, 1.807) is 0 Å². The van der Waals surface area contributed by atoms with Gasteiger partial charge in [0.2, 0.25) is 0 Å². The van der Waals surface area contributed by atoms with Crippen molar-refractivity contribution in [3.63, 3.8) is 0 Å². The maximum Gasteiger partial charge on any atom is 0.323 e. The van der Waals surface area contributed by atoms with E-state index in [4.69, 9.17) is 4.74 Å². The number of aromatic nitrogens is 2. The van der Waals surface area contributed by atoms with Crippen molar-refractivity contribution in [1.29, 1.82) is 0 Å². The Labute approximate surface area is 99.4 Å². The summed E-state index contributed by atoms with van der Waals surface area (Å²) >= 11 is 1.30. The number of nitrogens with zero attached hydrogens (tertiary/aromatic N) is 2. The van der Waals surface area contributed by atoms with Crippen LogP contribution in [0.15, 0.2) is 5.38 Å². The number of esters is 1. The van der Waals surface area contributed by atoms with E-state index in [1.165, 1.54) is 18.6 Å². The smallest absolute Gasteiger partial charge is 0.323 e. The van der Waals surface area contributed by atoms with Gasteiger partial charge in [0.15, 0.2) is 0 Å². The number of hydrogen-bond donors (Lipinski definition) is 1. The molecule has 0 fully saturated rings. The van der Waals surface area contributed by atoms with Crippen molar-refractivity contribution < 1.29 is 9.53 Å². The normalized spacial score (nSPS) is 14.4. The molecule has 0 spiro atoms. The largest absolute Gasteiger partial charge is 0.468 e. The van der Waals surface area contributed by atoms with Crippen LogP contribution in [-0.2, 0) is 16.1 Å². The molecule has 16 heavy (non-hydrogen) atoms. The number of methoxy groups -OCH3 is 1. The van der Waals surface area contributed by atoms with Crippen molar-refractivity contribution in [2.45, 2.75) is 32.9 Å². The van der Waals surface area contributed by atoms with E-state index in [9.17, 15) is 4.79 Å². The summed E-state index contributed by atoms with van der Waals surface area (Å²) in [5.74, 6) is 0.0107. The highest BCUT2D eigenvalue weighted by atomic mass is 32.1. The van der Waals surface area contributed by atoms with Gasteiger partial charge in [0.05, 0.1) is 12.8 Å². The van der Waals surface area contributed by atoms with Gasteiger partial charge in [0.1, 0.15) is 6.04 Å². The third kappa shape index (κ3) is 3.53. The Hall–Kier alpha value is -1.01. The minimum Gasteiger partial charge on any atom is -0.468 e. The fourth-order valence-electron chi connectivity index (χ4n) is 1.36. The van der Waals surface area contributed by atoms with Crippen molar-refractivity contribution in [1.82, 2.24) is 14.9 Å². The van der Waals surface area contributed by atoms with Gasteiger partial charge < -0.3 is 4.74 Å². The first kappa shape index (κ1) is 13.1. The minimum atomic E-state index is -0.281. The molecule has 2 atom stereocenters. The fourth-order valence-corrected chi connectivity index (χ4v) is 1.81. The molecule has 0 aliphatic heterocycles. The maximum absolute atomic E-state index is 11.6. The summed E-state index contributed by atoms with van der Waals surface area (Å²) in [5, 5.41) is 8.92. The topological polar surface area (TPSA) is 64.1 Å². The van der Waals surface area contributed by atoms with Crippen LogP contribution in [-0.4, -0.2) is 28.7 Å². The van der Waals surface area contributed by atoms with Crippen LogP contribution < -0.4 is 5.32 Å². The first-order valence-electron chi connectivity index (χ1n) is 5.26. The molecule has 1 heterocycles. The second kappa shape index (κ2) is 6.55. The zero-order valence-corrected chi connectivity index (χ0v) is 10.6. The zero-order chi connectivity index (χ0) is 12.0. The second-order valence-electron chi connectivity index (χ2n) is 3.66. The van der Waals surface area contributed by atoms with Gasteiger partial charge in [0, 0.05) is 11.9 Å². The molecule has 0 saturated heterocycles. The molecular formula is C10H17N3O2S. The van der Waals surface area contributed by atoms with Crippen LogP contribution in [0.5, 0.6) is 0 Å². The highest BCUT2D eigenvalue weighted by molar-refractivity contribution is 7.03. The molecule has 2 unspecified atom stereocenters. The van der Waals surface area contributed by atoms with Gasteiger partial charge in [-0.2, -0.15) is 0 Å². The quantitative estimate of drug-likeness (QED) is 0.761. The summed E-state index contributed by atoms with van der Waals surface area (Å²) in [6.07, 6.45) is 0.919. The molecule has 1 N–H and O–H groups in total. The lowest BCUT2D eigenvalue weighted by Crippen LogP contribution is -2.42. The lowest BCUT2D eigenvalue weighted by Gasteiger charge is -2.21. The van der Waals surface area contributed by atoms with Crippen LogP contribution in [0.1, 0.15) is 26.0 Å². The number of carbonyl (C=O) groups excluding carboxylic acids is 1. The van der Waals surface area contributed by atoms with Crippen LogP contribution in [0, 0.1) is 5.92 Å². The Morgan fingerprint density at radius 1 is 1.69 bits per heavy atom. The number of nitrogens with one attached hydrogen (secondary N) is 1. The monoisotopic (exact) mass is 243 g/mol. The summed E-state index contributed by atoms with van der Waals surface area (Å²) < 4.78 is 8.54. The highest BCUT2D eigenvalue weighted by Crippen LogP contribution is 2.10. The average molecular weight is 243 g/mol. The van der Waals surface area contributed by atoms with E-state index >= 15 is 0 Å². The maximum atomic E-state index is 11.6. The van der Waals surface area contributed by atoms with Gasteiger partial charge in [-0.05, 0) is 17.5 Å². The molecular weight excluding hydrogens is 226 g/mol. The predicted octanol–water partition coefficient (Wildman–Crippen LogP) is 1.22. The molecule has 1 aromatic rings. The van der Waals surface area contributed by atoms with Gasteiger partial charge in [-0.15, -0.1) is 5.10 Å². The summed E-state index contributed by atoms with van der Waals surface area (Å²) in [6.45, 7) is 4.61. The molecule has 0 bridgehead atoms. The molecule has 0 saturated carbocycles. The predicted molar refractivity (Wildman–Crippen MR) is 62.0 cm³/mol. The van der Waals surface area contributed by atoms with E-state index in [-0.39, 0.29) is 17.9 Å². The van der Waals surface area contributed by atoms with Gasteiger partial charge in [-0.3, -0.25) is 10.1 Å². The van der Waals surface area contributed by atoms with E-state index in [0.717, 1.165) is 12.1 Å². The van der Waals surface area contributed by atoms with E-state index < -0.39 is 0 Å². The zero-order valence-electron chi connectivity index (χ0n) is 9.77. The summed E-state index contributed by atoms with van der Waals surface area (Å²) in [7, 11) is 1.41. The van der Waals surface area contributed by atoms with Crippen molar-refractivity contribution in [3.05, 3.63) is 11.1 Å². The average Bonchev–Trinajstić information content (AvgIpc) is 2.81. The Bertz CT molecular complexity index is 316. The van der Waals surface area contributed by atoms with Crippen molar-refractivity contribution in [3.8, 4) is 0 Å². The molecule has 1 aromatic heterocycles. The molecule has 90 valence electrons. The highest BCUT2D eigenvalue weighted by Gasteiger charge is 2.24. The molecule has 5 nitrogen and oxygen atoms in total. The van der Waals surface area contributed by atoms with Gasteiger partial charge in [0.25, 0.3) is 0 Å². The number of hydrogen-bond acceptors (Lipinski definition) is 6. The first-order valence-corrected chi connectivity index (χ1v) is 6.09. The van der Waals surface area contributed by atoms with Crippen LogP contribution in [0.2, 0.25) is 0 Å². The minimum absolute atomic E-state index is 0.225. The Morgan fingerprint density at radius 3 is 2.94 bits per heavy atom. The Balaban J connectivity index is 2.53. The van der Waals surface area contributed by atoms with Crippen LogP contribution in [0.3, 0.4) is 0 Å². The van der Waals surface area contributed by atoms with Crippen LogP contribution in [0.25, 0.3) is 0 Å². The summed E-state index contributed by atoms with van der Waals surface area (Å²) in [6, 6.07) is -0.281. The SMILES string of the molecule is CCC(C)C(NCc1csnn1)C(=O)OC. The molecule has 0 aliphatic rings. The van der Waals surface area contributed by atoms with Gasteiger partial charge in [-0.25, -0.2) is 0 Å². The number of rotatable bonds is 6. The van der Waals surface area contributed by atoms with Gasteiger partial charge >= 0.3 is 5.97 Å². The van der Waals surface area contributed by atoms with E-state index in [0.29, 0.717) is 6.54 Å². The van der Waals surface area contributed by atoms with Crippen LogP contribution in [0.4, 0.5) is 0 Å². The lowest BCUT2D eigenvalue weighted by atomic mass is 9.99. The molecule has 0 aromatic carbocycles. The number of ether oxygens (including phenoxy) is 1. The number of carbonyl (C=O) groups is 1. The van der Waals surface area contributed by atoms with Crippen molar-refractivity contribution in [2.75, 3.05) is 7.11 Å². The fraction of sp³-hybridized carbons (Fsp3) is 0.700. The van der Waals surface area contributed by atoms with Crippen LogP contribution >= 0.6 is 11.5 Å². The molecule has 1 rings (SSSR count). The third-order valence-electron chi connectivity index (χ3n) is 2.58. The lowest BCUT2D eigenvalue weighted by molar-refractivity contribution is -0.144. The van der Waals surface area contributed by atoms with Crippen molar-refractivity contribution >= 4 is 17.5 Å². The first-order chi connectivity index (χ1) is 7.69. The Morgan fingerprint density at radius 2 is 2.44 bits per heavy atom. The molecule has 0 radical (unpaired) electrons. The second-order valence-corrected chi connectivity index (χ2v) is 4.27. The molecule has 6 heteroatoms. The molecule has 0 aliphatic carbocycles. The summed E-state index contributed by atoms with van der Waals surface area (Å²) in [4.78, 5) is 11.6. The Kier molecular flexibility index (Phi) is 5.34. The third-order valence-corrected chi connectivity index (χ3v) is 3.13. The van der Waals surface area contributed by atoms with Gasteiger partial charge in [-0.1, -0.05) is 24.8 Å². The standard InChI is InChI=1S/C10H17N3O2S/c1-4-7(2)9(10(14)15-3)11-5-8-6-16-13-12-8/h6-7,9,11H,4-5H2,1-3H3. The van der Waals surface area contributed by atoms with E-state index in [2.05, 4.69) is 14.9 Å². The van der Waals surface area contributed by atoms with E-state index in [1.807, 2.05) is 19.2 Å².